The molecular weight excluding hydrogens is 300 g/mol. The van der Waals surface area contributed by atoms with Crippen LogP contribution in [0.1, 0.15) is 86.8 Å². The Balaban J connectivity index is 2.31. The maximum Gasteiger partial charge on any atom is -0.00203 e. The molecule has 0 fully saturated rings. The zero-order valence-corrected chi connectivity index (χ0v) is 16.8. The molecule has 0 spiro atoms. The van der Waals surface area contributed by atoms with Gasteiger partial charge in [-0.05, 0) is 65.5 Å². The smallest absolute Gasteiger partial charge is 0.00203 e. The number of hydrogen-bond donors (Lipinski definition) is 0. The Hall–Kier alpha value is -1.56. The lowest BCUT2D eigenvalue weighted by atomic mass is 9.90. The summed E-state index contributed by atoms with van der Waals surface area (Å²) >= 11 is 0. The molecule has 0 aliphatic rings. The molecule has 0 unspecified atom stereocenters. The largest absolute Gasteiger partial charge is 0.0651 e. The van der Waals surface area contributed by atoms with Crippen LogP contribution in [0, 0.1) is 0 Å². The lowest BCUT2D eigenvalue weighted by Gasteiger charge is -2.15. The van der Waals surface area contributed by atoms with Gasteiger partial charge in [-0.3, -0.25) is 0 Å². The van der Waals surface area contributed by atoms with Crippen molar-refractivity contribution >= 4 is 0 Å². The second-order valence-electron chi connectivity index (χ2n) is 7.38. The topological polar surface area (TPSA) is 0 Å². The second kappa shape index (κ2) is 10.4. The molecule has 0 aliphatic carbocycles. The standard InChI is InChI=1S/C25H36/c1-5-9-20-13-15-24(22(17-20)11-7-3)19-25-16-14-21(10-6-2)18-23(25)12-8-4/h13-18H,5-12,19H2,1-4H3. The van der Waals surface area contributed by atoms with Gasteiger partial charge in [-0.25, -0.2) is 0 Å². The van der Waals surface area contributed by atoms with E-state index in [9.17, 15) is 0 Å². The van der Waals surface area contributed by atoms with Gasteiger partial charge in [0, 0.05) is 0 Å². The van der Waals surface area contributed by atoms with Gasteiger partial charge in [0.05, 0.1) is 0 Å². The Labute approximate surface area is 155 Å². The summed E-state index contributed by atoms with van der Waals surface area (Å²) in [6.45, 7) is 9.11. The minimum absolute atomic E-state index is 1.09. The zero-order chi connectivity index (χ0) is 18.1. The lowest BCUT2D eigenvalue weighted by molar-refractivity contribution is 0.868. The van der Waals surface area contributed by atoms with Crippen molar-refractivity contribution in [1.82, 2.24) is 0 Å². The number of hydrogen-bond acceptors (Lipinski definition) is 0. The molecule has 2 rings (SSSR count). The molecule has 2 aromatic rings. The zero-order valence-electron chi connectivity index (χ0n) is 16.8. The number of benzene rings is 2. The van der Waals surface area contributed by atoms with Crippen molar-refractivity contribution in [2.75, 3.05) is 0 Å². The summed E-state index contributed by atoms with van der Waals surface area (Å²) in [6, 6.07) is 14.4. The van der Waals surface area contributed by atoms with Crippen molar-refractivity contribution in [3.05, 3.63) is 69.8 Å². The van der Waals surface area contributed by atoms with Gasteiger partial charge >= 0.3 is 0 Å². The van der Waals surface area contributed by atoms with Crippen LogP contribution in [0.25, 0.3) is 0 Å². The van der Waals surface area contributed by atoms with Gasteiger partial charge in [-0.15, -0.1) is 0 Å². The molecule has 0 heterocycles. The second-order valence-corrected chi connectivity index (χ2v) is 7.38. The Kier molecular flexibility index (Phi) is 8.25. The summed E-state index contributed by atoms with van der Waals surface area (Å²) in [5.41, 5.74) is 9.19. The summed E-state index contributed by atoms with van der Waals surface area (Å²) in [4.78, 5) is 0. The van der Waals surface area contributed by atoms with E-state index in [1.807, 2.05) is 0 Å². The molecule has 0 amide bonds. The minimum Gasteiger partial charge on any atom is -0.0651 e. The van der Waals surface area contributed by atoms with Gasteiger partial charge in [0.2, 0.25) is 0 Å². The molecule has 0 radical (unpaired) electrons. The maximum absolute atomic E-state index is 2.47. The van der Waals surface area contributed by atoms with E-state index < -0.39 is 0 Å². The first-order valence-electron chi connectivity index (χ1n) is 10.4. The van der Waals surface area contributed by atoms with Crippen molar-refractivity contribution < 1.29 is 0 Å². The molecule has 0 bridgehead atoms. The van der Waals surface area contributed by atoms with Gasteiger partial charge in [0.1, 0.15) is 0 Å². The molecule has 0 aromatic heterocycles. The first-order valence-corrected chi connectivity index (χ1v) is 10.4. The number of rotatable bonds is 10. The van der Waals surface area contributed by atoms with Crippen LogP contribution >= 0.6 is 0 Å². The average molecular weight is 337 g/mol. The Morgan fingerprint density at radius 1 is 0.480 bits per heavy atom. The SMILES string of the molecule is CCCc1ccc(Cc2ccc(CCC)cc2CCC)c(CCC)c1. The molecule has 0 saturated carbocycles. The van der Waals surface area contributed by atoms with Crippen LogP contribution in [-0.2, 0) is 32.1 Å². The third-order valence-electron chi connectivity index (χ3n) is 5.04. The van der Waals surface area contributed by atoms with E-state index in [-0.39, 0.29) is 0 Å². The molecule has 0 saturated heterocycles. The predicted octanol–water partition coefficient (Wildman–Crippen LogP) is 7.09. The van der Waals surface area contributed by atoms with Crippen molar-refractivity contribution in [3.63, 3.8) is 0 Å². The van der Waals surface area contributed by atoms with E-state index in [2.05, 4.69) is 64.1 Å². The van der Waals surface area contributed by atoms with Crippen molar-refractivity contribution in [2.24, 2.45) is 0 Å². The first-order chi connectivity index (χ1) is 12.2. The fourth-order valence-corrected chi connectivity index (χ4v) is 3.80. The van der Waals surface area contributed by atoms with Gasteiger partial charge in [0.25, 0.3) is 0 Å². The predicted molar refractivity (Wildman–Crippen MR) is 112 cm³/mol. The van der Waals surface area contributed by atoms with Gasteiger partial charge in [-0.2, -0.15) is 0 Å². The molecule has 25 heavy (non-hydrogen) atoms. The Bertz CT molecular complexity index is 594. The highest BCUT2D eigenvalue weighted by Gasteiger charge is 2.09. The first kappa shape index (κ1) is 19.8. The highest BCUT2D eigenvalue weighted by molar-refractivity contribution is 5.40. The summed E-state index contributed by atoms with van der Waals surface area (Å²) in [7, 11) is 0. The Morgan fingerprint density at radius 2 is 0.880 bits per heavy atom. The molecule has 0 nitrogen and oxygen atoms in total. The molecule has 0 heteroatoms. The summed E-state index contributed by atoms with van der Waals surface area (Å²) in [6.07, 6.45) is 10.8. The third kappa shape index (κ3) is 5.73. The normalized spacial score (nSPS) is 11.0. The monoisotopic (exact) mass is 336 g/mol. The van der Waals surface area contributed by atoms with Crippen molar-refractivity contribution in [2.45, 2.75) is 85.5 Å². The molecule has 0 N–H and O–H groups in total. The highest BCUT2D eigenvalue weighted by atomic mass is 14.1. The minimum atomic E-state index is 1.09. The molecule has 0 aliphatic heterocycles. The molecule has 136 valence electrons. The van der Waals surface area contributed by atoms with Crippen LogP contribution in [0.4, 0.5) is 0 Å². The van der Waals surface area contributed by atoms with Crippen LogP contribution in [-0.4, -0.2) is 0 Å². The van der Waals surface area contributed by atoms with E-state index in [1.54, 1.807) is 11.1 Å². The van der Waals surface area contributed by atoms with Crippen LogP contribution in [0.3, 0.4) is 0 Å². The van der Waals surface area contributed by atoms with E-state index >= 15 is 0 Å². The summed E-state index contributed by atoms with van der Waals surface area (Å²) < 4.78 is 0. The average Bonchev–Trinajstić information content (AvgIpc) is 2.60. The highest BCUT2D eigenvalue weighted by Crippen LogP contribution is 2.23. The number of aryl methyl sites for hydroxylation is 4. The van der Waals surface area contributed by atoms with Gasteiger partial charge in [0.15, 0.2) is 0 Å². The molecular formula is C25H36. The summed E-state index contributed by atoms with van der Waals surface area (Å²) in [5.74, 6) is 0. The van der Waals surface area contributed by atoms with Crippen LogP contribution in [0.5, 0.6) is 0 Å². The maximum atomic E-state index is 2.47. The van der Waals surface area contributed by atoms with Crippen LogP contribution in [0.15, 0.2) is 36.4 Å². The van der Waals surface area contributed by atoms with E-state index in [4.69, 9.17) is 0 Å². The quantitative estimate of drug-likeness (QED) is 0.434. The molecule has 2 aromatic carbocycles. The van der Waals surface area contributed by atoms with Crippen molar-refractivity contribution in [1.29, 1.82) is 0 Å². The fraction of sp³-hybridized carbons (Fsp3) is 0.520. The Morgan fingerprint density at radius 3 is 1.24 bits per heavy atom. The van der Waals surface area contributed by atoms with Crippen LogP contribution < -0.4 is 0 Å². The van der Waals surface area contributed by atoms with E-state index in [1.165, 1.54) is 73.6 Å². The molecule has 0 atom stereocenters. The van der Waals surface area contributed by atoms with Gasteiger partial charge in [-0.1, -0.05) is 89.8 Å². The lowest BCUT2D eigenvalue weighted by Crippen LogP contribution is -2.02. The van der Waals surface area contributed by atoms with E-state index in [0.29, 0.717) is 0 Å². The summed E-state index contributed by atoms with van der Waals surface area (Å²) in [5, 5.41) is 0. The third-order valence-corrected chi connectivity index (χ3v) is 5.04. The fourth-order valence-electron chi connectivity index (χ4n) is 3.80. The van der Waals surface area contributed by atoms with Crippen molar-refractivity contribution in [3.8, 4) is 0 Å². The van der Waals surface area contributed by atoms with E-state index in [0.717, 1.165) is 6.42 Å². The van der Waals surface area contributed by atoms with Gasteiger partial charge < -0.3 is 0 Å². The van der Waals surface area contributed by atoms with Crippen LogP contribution in [0.2, 0.25) is 0 Å².